The summed E-state index contributed by atoms with van der Waals surface area (Å²) in [5.74, 6) is 0. The first-order valence-electron chi connectivity index (χ1n) is 10.6. The maximum absolute atomic E-state index is 6.10. The first-order valence-corrected chi connectivity index (χ1v) is 11.0. The quantitative estimate of drug-likeness (QED) is 0.269. The first kappa shape index (κ1) is 21.1. The van der Waals surface area contributed by atoms with Crippen LogP contribution in [-0.2, 0) is 0 Å². The van der Waals surface area contributed by atoms with Gasteiger partial charge in [0.05, 0.1) is 0 Å². The molecule has 3 rings (SSSR count). The Labute approximate surface area is 180 Å². The van der Waals surface area contributed by atoms with Crippen LogP contribution in [0.15, 0.2) is 91.0 Å². The second-order valence-electron chi connectivity index (χ2n) is 7.19. The fraction of sp³-hybridized carbons (Fsp3) is 0.269. The topological polar surface area (TPSA) is 6.48 Å². The molecule has 3 heteroatoms. The van der Waals surface area contributed by atoms with Crippen LogP contribution in [0.3, 0.4) is 0 Å². The Bertz CT molecular complexity index is 810. The highest BCUT2D eigenvalue weighted by atomic mass is 32.1. The van der Waals surface area contributed by atoms with Gasteiger partial charge in [0, 0.05) is 23.6 Å². The van der Waals surface area contributed by atoms with Crippen LogP contribution >= 0.6 is 12.2 Å². The molecular formula is C26H30N2S. The van der Waals surface area contributed by atoms with E-state index in [0.717, 1.165) is 35.1 Å². The van der Waals surface area contributed by atoms with Crippen molar-refractivity contribution < 1.29 is 0 Å². The summed E-state index contributed by atoms with van der Waals surface area (Å²) in [6.45, 7) is 3.17. The molecule has 29 heavy (non-hydrogen) atoms. The van der Waals surface area contributed by atoms with Crippen molar-refractivity contribution in [1.29, 1.82) is 0 Å². The molecule has 0 aliphatic carbocycles. The average molecular weight is 403 g/mol. The van der Waals surface area contributed by atoms with Crippen molar-refractivity contribution in [2.75, 3.05) is 16.3 Å². The number of thiocarbonyl (C=S) groups is 1. The monoisotopic (exact) mass is 402 g/mol. The van der Waals surface area contributed by atoms with Crippen molar-refractivity contribution in [1.82, 2.24) is 0 Å². The molecule has 0 heterocycles. The molecule has 0 saturated carbocycles. The molecule has 0 saturated heterocycles. The number of benzene rings is 3. The number of hydrogen-bond acceptors (Lipinski definition) is 1. The van der Waals surface area contributed by atoms with Gasteiger partial charge in [-0.05, 0) is 55.0 Å². The lowest BCUT2D eigenvalue weighted by Gasteiger charge is -2.34. The molecule has 0 aliphatic heterocycles. The molecule has 0 amide bonds. The van der Waals surface area contributed by atoms with Crippen LogP contribution < -0.4 is 9.80 Å². The second kappa shape index (κ2) is 11.4. The molecule has 0 aromatic heterocycles. The molecule has 2 nitrogen and oxygen atoms in total. The van der Waals surface area contributed by atoms with Crippen molar-refractivity contribution in [3.05, 3.63) is 91.0 Å². The Hall–Kier alpha value is -2.65. The normalized spacial score (nSPS) is 10.5. The third-order valence-electron chi connectivity index (χ3n) is 5.00. The van der Waals surface area contributed by atoms with Gasteiger partial charge in [0.25, 0.3) is 0 Å². The van der Waals surface area contributed by atoms with Crippen LogP contribution in [0.4, 0.5) is 17.1 Å². The van der Waals surface area contributed by atoms with Crippen LogP contribution in [0, 0.1) is 0 Å². The van der Waals surface area contributed by atoms with E-state index in [9.17, 15) is 0 Å². The minimum Gasteiger partial charge on any atom is -0.318 e. The molecule has 0 radical (unpaired) electrons. The highest BCUT2D eigenvalue weighted by molar-refractivity contribution is 7.80. The molecule has 150 valence electrons. The van der Waals surface area contributed by atoms with Gasteiger partial charge < -0.3 is 4.90 Å². The third-order valence-corrected chi connectivity index (χ3v) is 5.41. The predicted octanol–water partition coefficient (Wildman–Crippen LogP) is 7.59. The zero-order valence-corrected chi connectivity index (χ0v) is 18.0. The lowest BCUT2D eigenvalue weighted by atomic mass is 10.1. The number of hydrogen-bond donors (Lipinski definition) is 0. The van der Waals surface area contributed by atoms with Crippen molar-refractivity contribution in [2.45, 2.75) is 39.0 Å². The van der Waals surface area contributed by atoms with Crippen molar-refractivity contribution in [2.24, 2.45) is 0 Å². The summed E-state index contributed by atoms with van der Waals surface area (Å²) >= 11 is 6.10. The van der Waals surface area contributed by atoms with Gasteiger partial charge in [-0.2, -0.15) is 0 Å². The Kier molecular flexibility index (Phi) is 8.26. The van der Waals surface area contributed by atoms with Crippen molar-refractivity contribution in [3.8, 4) is 0 Å². The van der Waals surface area contributed by atoms with Gasteiger partial charge in [0.15, 0.2) is 5.11 Å². The molecule has 0 atom stereocenters. The van der Waals surface area contributed by atoms with E-state index in [1.54, 1.807) is 0 Å². The summed E-state index contributed by atoms with van der Waals surface area (Å²) in [6, 6.07) is 31.3. The molecule has 0 fully saturated rings. The summed E-state index contributed by atoms with van der Waals surface area (Å²) < 4.78 is 0. The maximum Gasteiger partial charge on any atom is 0.185 e. The first-order chi connectivity index (χ1) is 14.3. The van der Waals surface area contributed by atoms with E-state index >= 15 is 0 Å². The lowest BCUT2D eigenvalue weighted by Crippen LogP contribution is -2.41. The summed E-state index contributed by atoms with van der Waals surface area (Å²) in [5.41, 5.74) is 3.30. The van der Waals surface area contributed by atoms with E-state index in [1.165, 1.54) is 25.7 Å². The van der Waals surface area contributed by atoms with E-state index in [0.29, 0.717) is 0 Å². The summed E-state index contributed by atoms with van der Waals surface area (Å²) in [4.78, 5) is 4.45. The Morgan fingerprint density at radius 2 is 1.07 bits per heavy atom. The largest absolute Gasteiger partial charge is 0.318 e. The summed E-state index contributed by atoms with van der Waals surface area (Å²) in [5, 5.41) is 0.809. The Balaban J connectivity index is 1.90. The molecule has 0 spiro atoms. The number of nitrogens with zero attached hydrogens (tertiary/aromatic N) is 2. The lowest BCUT2D eigenvalue weighted by molar-refractivity contribution is 0.636. The third kappa shape index (κ3) is 5.91. The van der Waals surface area contributed by atoms with Crippen molar-refractivity contribution in [3.63, 3.8) is 0 Å². The van der Waals surface area contributed by atoms with Gasteiger partial charge in [0.1, 0.15) is 0 Å². The molecule has 3 aromatic carbocycles. The standard InChI is InChI=1S/C26H30N2S/c1-2-3-4-5-15-22-27(23-16-9-6-10-17-23)26(29)28(24-18-11-7-12-19-24)25-20-13-8-14-21-25/h6-14,16-21H,2-5,15,22H2,1H3. The molecular weight excluding hydrogens is 372 g/mol. The van der Waals surface area contributed by atoms with E-state index in [1.807, 2.05) is 12.1 Å². The summed E-state index contributed by atoms with van der Waals surface area (Å²) in [7, 11) is 0. The number of anilines is 3. The molecule has 0 unspecified atom stereocenters. The van der Waals surface area contributed by atoms with Crippen LogP contribution in [0.2, 0.25) is 0 Å². The van der Waals surface area contributed by atoms with Crippen molar-refractivity contribution >= 4 is 34.4 Å². The Morgan fingerprint density at radius 1 is 0.621 bits per heavy atom. The minimum atomic E-state index is 0.809. The van der Waals surface area contributed by atoms with Gasteiger partial charge in [-0.1, -0.05) is 87.2 Å². The molecule has 0 aliphatic rings. The van der Waals surface area contributed by atoms with Gasteiger partial charge in [-0.3, -0.25) is 4.90 Å². The number of para-hydroxylation sites is 3. The Morgan fingerprint density at radius 3 is 1.55 bits per heavy atom. The maximum atomic E-state index is 6.10. The molecule has 0 N–H and O–H groups in total. The SMILES string of the molecule is CCCCCCCN(C(=S)N(c1ccccc1)c1ccccc1)c1ccccc1. The minimum absolute atomic E-state index is 0.809. The van der Waals surface area contributed by atoms with E-state index in [-0.39, 0.29) is 0 Å². The van der Waals surface area contributed by atoms with E-state index in [2.05, 4.69) is 95.6 Å². The van der Waals surface area contributed by atoms with Gasteiger partial charge in [-0.25, -0.2) is 0 Å². The van der Waals surface area contributed by atoms with Crippen LogP contribution in [-0.4, -0.2) is 11.7 Å². The highest BCUT2D eigenvalue weighted by Crippen LogP contribution is 2.29. The zero-order chi connectivity index (χ0) is 20.3. The fourth-order valence-electron chi connectivity index (χ4n) is 3.46. The summed E-state index contributed by atoms with van der Waals surface area (Å²) in [6.07, 6.45) is 6.21. The highest BCUT2D eigenvalue weighted by Gasteiger charge is 2.21. The van der Waals surface area contributed by atoms with Crippen LogP contribution in [0.25, 0.3) is 0 Å². The average Bonchev–Trinajstić information content (AvgIpc) is 2.78. The predicted molar refractivity (Wildman–Crippen MR) is 130 cm³/mol. The van der Waals surface area contributed by atoms with E-state index < -0.39 is 0 Å². The van der Waals surface area contributed by atoms with Crippen LogP contribution in [0.5, 0.6) is 0 Å². The van der Waals surface area contributed by atoms with E-state index in [4.69, 9.17) is 12.2 Å². The number of rotatable bonds is 9. The molecule has 3 aromatic rings. The second-order valence-corrected chi connectivity index (χ2v) is 7.56. The van der Waals surface area contributed by atoms with Gasteiger partial charge in [-0.15, -0.1) is 0 Å². The fourth-order valence-corrected chi connectivity index (χ4v) is 3.87. The number of unbranched alkanes of at least 4 members (excludes halogenated alkanes) is 4. The van der Waals surface area contributed by atoms with Gasteiger partial charge >= 0.3 is 0 Å². The van der Waals surface area contributed by atoms with Gasteiger partial charge in [0.2, 0.25) is 0 Å². The molecule has 0 bridgehead atoms. The smallest absolute Gasteiger partial charge is 0.185 e. The zero-order valence-electron chi connectivity index (χ0n) is 17.2. The van der Waals surface area contributed by atoms with Crippen LogP contribution in [0.1, 0.15) is 39.0 Å².